The van der Waals surface area contributed by atoms with Gasteiger partial charge in [0.15, 0.2) is 0 Å². The first-order valence-electron chi connectivity index (χ1n) is 7.83. The van der Waals surface area contributed by atoms with Gasteiger partial charge in [-0.25, -0.2) is 9.97 Å². The zero-order valence-corrected chi connectivity index (χ0v) is 14.4. The van der Waals surface area contributed by atoms with Crippen LogP contribution in [0.4, 0.5) is 0 Å². The van der Waals surface area contributed by atoms with Crippen LogP contribution in [0.5, 0.6) is 0 Å². The van der Waals surface area contributed by atoms with E-state index in [9.17, 15) is 0 Å². The minimum Gasteiger partial charge on any atom is -0.335 e. The van der Waals surface area contributed by atoms with Gasteiger partial charge in [0.1, 0.15) is 11.6 Å². The first-order valence-corrected chi connectivity index (χ1v) is 7.83. The summed E-state index contributed by atoms with van der Waals surface area (Å²) in [6.45, 7) is 10.9. The number of hydrogen-bond donors (Lipinski definition) is 0. The van der Waals surface area contributed by atoms with Crippen molar-refractivity contribution in [2.24, 2.45) is 14.1 Å². The molecule has 0 N–H and O–H groups in total. The molecule has 2 aromatic rings. The van der Waals surface area contributed by atoms with Crippen LogP contribution in [0.1, 0.15) is 67.8 Å². The predicted molar refractivity (Wildman–Crippen MR) is 86.7 cm³/mol. The number of rotatable bonds is 5. The van der Waals surface area contributed by atoms with Crippen LogP contribution in [0.25, 0.3) is 0 Å². The van der Waals surface area contributed by atoms with E-state index in [2.05, 4.69) is 62.8 Å². The summed E-state index contributed by atoms with van der Waals surface area (Å²) in [5, 5.41) is 0. The van der Waals surface area contributed by atoms with E-state index in [1.165, 1.54) is 28.7 Å². The molecule has 2 heterocycles. The molecule has 1 unspecified atom stereocenters. The van der Waals surface area contributed by atoms with Crippen LogP contribution in [0.15, 0.2) is 6.20 Å². The van der Waals surface area contributed by atoms with E-state index in [1.54, 1.807) is 0 Å². The van der Waals surface area contributed by atoms with Crippen molar-refractivity contribution in [2.75, 3.05) is 0 Å². The Balaban J connectivity index is 2.10. The van der Waals surface area contributed by atoms with Crippen molar-refractivity contribution < 1.29 is 0 Å². The van der Waals surface area contributed by atoms with Crippen molar-refractivity contribution in [2.45, 2.75) is 59.3 Å². The van der Waals surface area contributed by atoms with Gasteiger partial charge in [0.25, 0.3) is 0 Å². The highest BCUT2D eigenvalue weighted by molar-refractivity contribution is 5.18. The van der Waals surface area contributed by atoms with Crippen molar-refractivity contribution in [1.29, 1.82) is 0 Å². The topological polar surface area (TPSA) is 35.6 Å². The summed E-state index contributed by atoms with van der Waals surface area (Å²) in [6, 6.07) is 0. The Labute approximate surface area is 128 Å². The molecular formula is C17H28N4. The van der Waals surface area contributed by atoms with E-state index < -0.39 is 0 Å². The molecule has 0 aliphatic carbocycles. The van der Waals surface area contributed by atoms with Crippen LogP contribution >= 0.6 is 0 Å². The predicted octanol–water partition coefficient (Wildman–Crippen LogP) is 3.63. The third-order valence-corrected chi connectivity index (χ3v) is 4.54. The number of aromatic nitrogens is 4. The molecule has 2 aromatic heterocycles. The Morgan fingerprint density at radius 1 is 1.05 bits per heavy atom. The molecule has 4 nitrogen and oxygen atoms in total. The van der Waals surface area contributed by atoms with Crippen LogP contribution in [-0.4, -0.2) is 19.1 Å². The fourth-order valence-corrected chi connectivity index (χ4v) is 2.87. The van der Waals surface area contributed by atoms with Crippen LogP contribution in [0, 0.1) is 13.8 Å². The summed E-state index contributed by atoms with van der Waals surface area (Å²) in [5.41, 5.74) is 3.74. The Kier molecular flexibility index (Phi) is 4.55. The van der Waals surface area contributed by atoms with Gasteiger partial charge < -0.3 is 9.13 Å². The van der Waals surface area contributed by atoms with Crippen LogP contribution in [-0.2, 0) is 20.5 Å². The lowest BCUT2D eigenvalue weighted by Gasteiger charge is -2.11. The highest BCUT2D eigenvalue weighted by Gasteiger charge is 2.17. The van der Waals surface area contributed by atoms with Crippen molar-refractivity contribution in [1.82, 2.24) is 19.1 Å². The molecule has 2 rings (SSSR count). The van der Waals surface area contributed by atoms with E-state index in [4.69, 9.17) is 4.98 Å². The first kappa shape index (κ1) is 15.8. The van der Waals surface area contributed by atoms with E-state index in [1.807, 2.05) is 6.20 Å². The minimum absolute atomic E-state index is 0.451. The number of aryl methyl sites for hydroxylation is 2. The molecule has 0 spiro atoms. The Morgan fingerprint density at radius 3 is 2.19 bits per heavy atom. The molecule has 0 aromatic carbocycles. The van der Waals surface area contributed by atoms with Crippen LogP contribution < -0.4 is 0 Å². The number of imidazole rings is 2. The minimum atomic E-state index is 0.451. The second-order valence-electron chi connectivity index (χ2n) is 6.47. The summed E-state index contributed by atoms with van der Waals surface area (Å²) in [7, 11) is 4.21. The third kappa shape index (κ3) is 3.04. The molecule has 0 aliphatic rings. The summed E-state index contributed by atoms with van der Waals surface area (Å²) < 4.78 is 4.42. The summed E-state index contributed by atoms with van der Waals surface area (Å²) in [6.07, 6.45) is 4.05. The second-order valence-corrected chi connectivity index (χ2v) is 6.47. The lowest BCUT2D eigenvalue weighted by atomic mass is 10.0. The molecule has 0 saturated carbocycles. The molecule has 21 heavy (non-hydrogen) atoms. The number of nitrogens with zero attached hydrogens (tertiary/aromatic N) is 4. The van der Waals surface area contributed by atoms with Gasteiger partial charge in [0, 0.05) is 43.5 Å². The van der Waals surface area contributed by atoms with Crippen LogP contribution in [0.3, 0.4) is 0 Å². The second kappa shape index (κ2) is 6.04. The highest BCUT2D eigenvalue weighted by Crippen LogP contribution is 2.23. The van der Waals surface area contributed by atoms with Crippen molar-refractivity contribution >= 4 is 0 Å². The lowest BCUT2D eigenvalue weighted by molar-refractivity contribution is 0.601. The third-order valence-electron chi connectivity index (χ3n) is 4.54. The largest absolute Gasteiger partial charge is 0.335 e. The molecule has 0 amide bonds. The molecule has 0 aliphatic heterocycles. The number of hydrogen-bond acceptors (Lipinski definition) is 2. The van der Waals surface area contributed by atoms with E-state index in [0.29, 0.717) is 11.8 Å². The van der Waals surface area contributed by atoms with Gasteiger partial charge in [0.2, 0.25) is 0 Å². The fraction of sp³-hybridized carbons (Fsp3) is 0.647. The summed E-state index contributed by atoms with van der Waals surface area (Å²) >= 11 is 0. The first-order chi connectivity index (χ1) is 9.82. The van der Waals surface area contributed by atoms with E-state index >= 15 is 0 Å². The average Bonchev–Trinajstić information content (AvgIpc) is 2.90. The quantitative estimate of drug-likeness (QED) is 0.842. The van der Waals surface area contributed by atoms with Gasteiger partial charge in [-0.1, -0.05) is 20.8 Å². The zero-order valence-electron chi connectivity index (χ0n) is 14.4. The monoisotopic (exact) mass is 288 g/mol. The maximum Gasteiger partial charge on any atom is 0.111 e. The summed E-state index contributed by atoms with van der Waals surface area (Å²) in [5.74, 6) is 3.28. The average molecular weight is 288 g/mol. The van der Waals surface area contributed by atoms with E-state index in [-0.39, 0.29) is 0 Å². The molecule has 0 bridgehead atoms. The SMILES string of the molecule is Cc1cnc(C(C)CCc2nc(C(C)C)n(C)c2C)n1C. The van der Waals surface area contributed by atoms with Gasteiger partial charge in [-0.3, -0.25) is 0 Å². The van der Waals surface area contributed by atoms with Gasteiger partial charge in [-0.2, -0.15) is 0 Å². The van der Waals surface area contributed by atoms with Gasteiger partial charge in [0.05, 0.1) is 5.69 Å². The molecule has 1 atom stereocenters. The standard InChI is InChI=1S/C17H28N4/c1-11(2)16-19-15(14(5)21(16)7)9-8-12(3)17-18-10-13(4)20(17)6/h10-12H,8-9H2,1-7H3. The summed E-state index contributed by atoms with van der Waals surface area (Å²) in [4.78, 5) is 9.38. The zero-order chi connectivity index (χ0) is 15.7. The normalized spacial score (nSPS) is 13.1. The Bertz CT molecular complexity index is 619. The molecule has 0 fully saturated rings. The smallest absolute Gasteiger partial charge is 0.111 e. The van der Waals surface area contributed by atoms with Gasteiger partial charge >= 0.3 is 0 Å². The molecule has 0 saturated heterocycles. The lowest BCUT2D eigenvalue weighted by Crippen LogP contribution is -2.06. The fourth-order valence-electron chi connectivity index (χ4n) is 2.87. The Hall–Kier alpha value is -1.58. The highest BCUT2D eigenvalue weighted by atomic mass is 15.1. The molecule has 116 valence electrons. The van der Waals surface area contributed by atoms with Crippen molar-refractivity contribution in [3.05, 3.63) is 34.9 Å². The van der Waals surface area contributed by atoms with Crippen LogP contribution in [0.2, 0.25) is 0 Å². The Morgan fingerprint density at radius 2 is 1.71 bits per heavy atom. The van der Waals surface area contributed by atoms with Gasteiger partial charge in [-0.05, 0) is 26.7 Å². The van der Waals surface area contributed by atoms with Crippen molar-refractivity contribution in [3.63, 3.8) is 0 Å². The van der Waals surface area contributed by atoms with Gasteiger partial charge in [-0.15, -0.1) is 0 Å². The molecule has 0 radical (unpaired) electrons. The van der Waals surface area contributed by atoms with Crippen molar-refractivity contribution in [3.8, 4) is 0 Å². The maximum atomic E-state index is 4.84. The molecular weight excluding hydrogens is 260 g/mol. The molecule has 4 heteroatoms. The maximum absolute atomic E-state index is 4.84. The van der Waals surface area contributed by atoms with E-state index in [0.717, 1.165) is 12.8 Å².